The maximum Gasteiger partial charge on any atom is 0.331 e. The van der Waals surface area contributed by atoms with Crippen LogP contribution in [0, 0.1) is 0 Å². The molecule has 1 N–H and O–H groups in total. The van der Waals surface area contributed by atoms with Crippen LogP contribution in [0.5, 0.6) is 0 Å². The minimum Gasteiger partial charge on any atom is -0.478 e. The SMILES string of the molecule is C/C(=C\c1ccnc2ccccc12)C(=O)O. The topological polar surface area (TPSA) is 50.2 Å². The number of carboxylic acid groups (broad SMARTS) is 1. The van der Waals surface area contributed by atoms with Crippen LogP contribution in [-0.2, 0) is 4.79 Å². The van der Waals surface area contributed by atoms with Gasteiger partial charge in [0.05, 0.1) is 5.52 Å². The van der Waals surface area contributed by atoms with Gasteiger partial charge in [0.25, 0.3) is 0 Å². The Morgan fingerprint density at radius 3 is 2.81 bits per heavy atom. The van der Waals surface area contributed by atoms with E-state index in [1.807, 2.05) is 30.3 Å². The molecule has 1 aromatic heterocycles. The predicted octanol–water partition coefficient (Wildman–Crippen LogP) is 2.72. The number of para-hydroxylation sites is 1. The number of benzene rings is 1. The van der Waals surface area contributed by atoms with Crippen molar-refractivity contribution in [3.8, 4) is 0 Å². The van der Waals surface area contributed by atoms with Crippen molar-refractivity contribution in [1.29, 1.82) is 0 Å². The summed E-state index contributed by atoms with van der Waals surface area (Å²) in [6, 6.07) is 9.48. The summed E-state index contributed by atoms with van der Waals surface area (Å²) in [5.41, 5.74) is 2.07. The molecule has 0 amide bonds. The van der Waals surface area contributed by atoms with Gasteiger partial charge >= 0.3 is 5.97 Å². The van der Waals surface area contributed by atoms with E-state index >= 15 is 0 Å². The molecule has 0 atom stereocenters. The molecule has 0 saturated carbocycles. The van der Waals surface area contributed by atoms with Crippen LogP contribution in [0.1, 0.15) is 12.5 Å². The molecule has 0 aliphatic carbocycles. The molecule has 2 aromatic rings. The van der Waals surface area contributed by atoms with Crippen LogP contribution in [0.3, 0.4) is 0 Å². The molecule has 0 aliphatic rings. The average molecular weight is 213 g/mol. The van der Waals surface area contributed by atoms with Crippen molar-refractivity contribution in [3.05, 3.63) is 47.7 Å². The summed E-state index contributed by atoms with van der Waals surface area (Å²) < 4.78 is 0. The first-order valence-corrected chi connectivity index (χ1v) is 4.94. The van der Waals surface area contributed by atoms with Crippen molar-refractivity contribution >= 4 is 22.9 Å². The first-order valence-electron chi connectivity index (χ1n) is 4.94. The van der Waals surface area contributed by atoms with Crippen molar-refractivity contribution in [2.75, 3.05) is 0 Å². The summed E-state index contributed by atoms with van der Waals surface area (Å²) in [5, 5.41) is 9.79. The van der Waals surface area contributed by atoms with Crippen molar-refractivity contribution in [2.24, 2.45) is 0 Å². The molecule has 3 heteroatoms. The molecule has 80 valence electrons. The third-order valence-electron chi connectivity index (χ3n) is 2.39. The molecule has 3 nitrogen and oxygen atoms in total. The van der Waals surface area contributed by atoms with E-state index in [4.69, 9.17) is 5.11 Å². The van der Waals surface area contributed by atoms with Crippen molar-refractivity contribution in [1.82, 2.24) is 4.98 Å². The van der Waals surface area contributed by atoms with Crippen molar-refractivity contribution in [2.45, 2.75) is 6.92 Å². The number of aromatic nitrogens is 1. The number of fused-ring (bicyclic) bond motifs is 1. The lowest BCUT2D eigenvalue weighted by molar-refractivity contribution is -0.132. The van der Waals surface area contributed by atoms with Gasteiger partial charge in [0, 0.05) is 17.2 Å². The summed E-state index contributed by atoms with van der Waals surface area (Å²) in [6.45, 7) is 1.58. The van der Waals surface area contributed by atoms with E-state index in [2.05, 4.69) is 4.98 Å². The Morgan fingerprint density at radius 1 is 1.31 bits per heavy atom. The second kappa shape index (κ2) is 4.14. The number of rotatable bonds is 2. The van der Waals surface area contributed by atoms with Gasteiger partial charge in [0.15, 0.2) is 0 Å². The quantitative estimate of drug-likeness (QED) is 0.780. The summed E-state index contributed by atoms with van der Waals surface area (Å²) in [4.78, 5) is 15.0. The van der Waals surface area contributed by atoms with Gasteiger partial charge in [-0.05, 0) is 30.7 Å². The van der Waals surface area contributed by atoms with Gasteiger partial charge in [-0.25, -0.2) is 4.79 Å². The molecule has 1 aromatic carbocycles. The molecule has 2 rings (SSSR count). The number of hydrogen-bond donors (Lipinski definition) is 1. The highest BCUT2D eigenvalue weighted by Gasteiger charge is 2.02. The third kappa shape index (κ3) is 1.93. The molecule has 16 heavy (non-hydrogen) atoms. The van der Waals surface area contributed by atoms with Gasteiger partial charge < -0.3 is 5.11 Å². The number of nitrogens with zero attached hydrogens (tertiary/aromatic N) is 1. The van der Waals surface area contributed by atoms with E-state index in [1.165, 1.54) is 0 Å². The molecular formula is C13H11NO2. The van der Waals surface area contributed by atoms with Crippen LogP contribution in [0.2, 0.25) is 0 Å². The van der Waals surface area contributed by atoms with E-state index in [-0.39, 0.29) is 0 Å². The van der Waals surface area contributed by atoms with E-state index in [0.717, 1.165) is 16.5 Å². The van der Waals surface area contributed by atoms with Crippen LogP contribution >= 0.6 is 0 Å². The second-order valence-electron chi connectivity index (χ2n) is 3.55. The molecular weight excluding hydrogens is 202 g/mol. The molecule has 1 heterocycles. The van der Waals surface area contributed by atoms with Crippen molar-refractivity contribution < 1.29 is 9.90 Å². The van der Waals surface area contributed by atoms with E-state index in [9.17, 15) is 4.79 Å². The van der Waals surface area contributed by atoms with Gasteiger partial charge in [-0.3, -0.25) is 4.98 Å². The number of hydrogen-bond acceptors (Lipinski definition) is 2. The van der Waals surface area contributed by atoms with E-state index < -0.39 is 5.97 Å². The lowest BCUT2D eigenvalue weighted by atomic mass is 10.1. The van der Waals surface area contributed by atoms with Gasteiger partial charge in [-0.2, -0.15) is 0 Å². The van der Waals surface area contributed by atoms with Crippen LogP contribution in [-0.4, -0.2) is 16.1 Å². The van der Waals surface area contributed by atoms with Crippen LogP contribution in [0.15, 0.2) is 42.1 Å². The largest absolute Gasteiger partial charge is 0.478 e. The monoisotopic (exact) mass is 213 g/mol. The molecule has 0 spiro atoms. The third-order valence-corrected chi connectivity index (χ3v) is 2.39. The first kappa shape index (κ1) is 10.4. The van der Waals surface area contributed by atoms with Crippen LogP contribution in [0.25, 0.3) is 17.0 Å². The summed E-state index contributed by atoms with van der Waals surface area (Å²) >= 11 is 0. The fraction of sp³-hybridized carbons (Fsp3) is 0.0769. The summed E-state index contributed by atoms with van der Waals surface area (Å²) in [7, 11) is 0. The molecule has 0 fully saturated rings. The van der Waals surface area contributed by atoms with Gasteiger partial charge in [-0.15, -0.1) is 0 Å². The Bertz CT molecular complexity index is 568. The predicted molar refractivity (Wildman–Crippen MR) is 63.0 cm³/mol. The zero-order valence-electron chi connectivity index (χ0n) is 8.84. The number of carbonyl (C=O) groups is 1. The maximum absolute atomic E-state index is 10.8. The molecule has 0 radical (unpaired) electrons. The number of pyridine rings is 1. The summed E-state index contributed by atoms with van der Waals surface area (Å²) in [6.07, 6.45) is 3.34. The Labute approximate surface area is 93.1 Å². The van der Waals surface area contributed by atoms with Gasteiger partial charge in [-0.1, -0.05) is 18.2 Å². The summed E-state index contributed by atoms with van der Waals surface area (Å²) in [5.74, 6) is -0.902. The Morgan fingerprint density at radius 2 is 2.06 bits per heavy atom. The zero-order valence-corrected chi connectivity index (χ0v) is 8.84. The number of aliphatic carboxylic acids is 1. The first-order chi connectivity index (χ1) is 7.68. The lowest BCUT2D eigenvalue weighted by Gasteiger charge is -2.01. The smallest absolute Gasteiger partial charge is 0.331 e. The molecule has 0 aliphatic heterocycles. The second-order valence-corrected chi connectivity index (χ2v) is 3.55. The van der Waals surface area contributed by atoms with E-state index in [1.54, 1.807) is 19.2 Å². The fourth-order valence-corrected chi connectivity index (χ4v) is 1.54. The van der Waals surface area contributed by atoms with Gasteiger partial charge in [0.1, 0.15) is 0 Å². The maximum atomic E-state index is 10.8. The Kier molecular flexibility index (Phi) is 2.68. The van der Waals surface area contributed by atoms with Crippen LogP contribution < -0.4 is 0 Å². The minimum atomic E-state index is -0.902. The molecule has 0 bridgehead atoms. The van der Waals surface area contributed by atoms with E-state index in [0.29, 0.717) is 5.57 Å². The Balaban J connectivity index is 2.61. The highest BCUT2D eigenvalue weighted by Crippen LogP contribution is 2.18. The lowest BCUT2D eigenvalue weighted by Crippen LogP contribution is -1.95. The minimum absolute atomic E-state index is 0.316. The Hall–Kier alpha value is -2.16. The van der Waals surface area contributed by atoms with Crippen LogP contribution in [0.4, 0.5) is 0 Å². The molecule has 0 unspecified atom stereocenters. The average Bonchev–Trinajstić information content (AvgIpc) is 2.29. The highest BCUT2D eigenvalue weighted by atomic mass is 16.4. The standard InChI is InChI=1S/C13H11NO2/c1-9(13(15)16)8-10-6-7-14-12-5-3-2-4-11(10)12/h2-8H,1H3,(H,15,16)/b9-8+. The highest BCUT2D eigenvalue weighted by molar-refractivity contribution is 5.96. The fourth-order valence-electron chi connectivity index (χ4n) is 1.54. The normalized spacial score (nSPS) is 11.7. The molecule has 0 saturated heterocycles. The van der Waals surface area contributed by atoms with Crippen molar-refractivity contribution in [3.63, 3.8) is 0 Å². The van der Waals surface area contributed by atoms with Gasteiger partial charge in [0.2, 0.25) is 0 Å². The number of carboxylic acids is 1. The zero-order chi connectivity index (χ0) is 11.5.